The number of benzene rings is 1. The zero-order chi connectivity index (χ0) is 10.7. The van der Waals surface area contributed by atoms with Crippen molar-refractivity contribution in [3.8, 4) is 0 Å². The molecule has 1 N–H and O–H groups in total. The van der Waals surface area contributed by atoms with E-state index < -0.39 is 10.0 Å². The number of hydrazine groups is 1. The number of nitrogens with one attached hydrogen (secondary N) is 1. The lowest BCUT2D eigenvalue weighted by Gasteiger charge is -2.15. The van der Waals surface area contributed by atoms with Crippen LogP contribution in [-0.4, -0.2) is 19.3 Å². The van der Waals surface area contributed by atoms with Gasteiger partial charge < -0.3 is 0 Å². The molecule has 0 fully saturated rings. The predicted molar refractivity (Wildman–Crippen MR) is 60.2 cm³/mol. The fourth-order valence-electron chi connectivity index (χ4n) is 1.15. The second-order valence-electron chi connectivity index (χ2n) is 2.96. The first kappa shape index (κ1) is 10.5. The quantitative estimate of drug-likeness (QED) is 0.869. The molecule has 0 unspecified atom stereocenters. The Balaban J connectivity index is 2.17. The van der Waals surface area contributed by atoms with Gasteiger partial charge in [0.15, 0.2) is 0 Å². The molecule has 1 aromatic rings. The SMILES string of the molecule is O=S(=O)(NN1C=CSC1)c1ccccc1. The molecule has 0 aromatic heterocycles. The first-order valence-electron chi connectivity index (χ1n) is 4.31. The molecule has 0 saturated carbocycles. The van der Waals surface area contributed by atoms with Crippen molar-refractivity contribution < 1.29 is 8.42 Å². The minimum absolute atomic E-state index is 0.273. The zero-order valence-electron chi connectivity index (χ0n) is 7.83. The maximum absolute atomic E-state index is 11.8. The highest BCUT2D eigenvalue weighted by atomic mass is 32.2. The number of hydrogen-bond acceptors (Lipinski definition) is 4. The highest BCUT2D eigenvalue weighted by Gasteiger charge is 2.17. The standard InChI is InChI=1S/C9H10N2O2S2/c12-15(13,9-4-2-1-3-5-9)10-11-6-7-14-8-11/h1-7,10H,8H2. The molecule has 6 heteroatoms. The third-order valence-electron chi connectivity index (χ3n) is 1.84. The van der Waals surface area contributed by atoms with Gasteiger partial charge in [0.1, 0.15) is 0 Å². The maximum Gasteiger partial charge on any atom is 0.257 e. The van der Waals surface area contributed by atoms with Crippen LogP contribution in [0.15, 0.2) is 46.8 Å². The van der Waals surface area contributed by atoms with Crippen LogP contribution in [0.4, 0.5) is 0 Å². The van der Waals surface area contributed by atoms with Gasteiger partial charge in [-0.3, -0.25) is 5.01 Å². The Morgan fingerprint density at radius 2 is 2.00 bits per heavy atom. The van der Waals surface area contributed by atoms with Gasteiger partial charge in [0.25, 0.3) is 10.0 Å². The summed E-state index contributed by atoms with van der Waals surface area (Å²) in [4.78, 5) is 2.74. The summed E-state index contributed by atoms with van der Waals surface area (Å²) in [6, 6.07) is 8.31. The van der Waals surface area contributed by atoms with Crippen molar-refractivity contribution in [3.63, 3.8) is 0 Å². The number of rotatable bonds is 3. The topological polar surface area (TPSA) is 49.4 Å². The summed E-state index contributed by atoms with van der Waals surface area (Å²) in [6.07, 6.45) is 1.70. The van der Waals surface area contributed by atoms with Crippen LogP contribution < -0.4 is 4.83 Å². The lowest BCUT2D eigenvalue weighted by molar-refractivity contribution is 0.397. The molecule has 0 atom stereocenters. The largest absolute Gasteiger partial charge is 0.291 e. The Morgan fingerprint density at radius 1 is 1.27 bits per heavy atom. The molecule has 2 rings (SSSR count). The van der Waals surface area contributed by atoms with Crippen LogP contribution in [0.1, 0.15) is 0 Å². The van der Waals surface area contributed by atoms with Crippen molar-refractivity contribution in [2.24, 2.45) is 0 Å². The van der Waals surface area contributed by atoms with Crippen LogP contribution in [-0.2, 0) is 10.0 Å². The van der Waals surface area contributed by atoms with Crippen molar-refractivity contribution in [2.75, 3.05) is 5.88 Å². The van der Waals surface area contributed by atoms with Crippen molar-refractivity contribution in [3.05, 3.63) is 41.9 Å². The van der Waals surface area contributed by atoms with E-state index in [1.54, 1.807) is 36.5 Å². The van der Waals surface area contributed by atoms with E-state index in [2.05, 4.69) is 4.83 Å². The van der Waals surface area contributed by atoms with Gasteiger partial charge >= 0.3 is 0 Å². The molecule has 1 aliphatic rings. The first-order valence-corrected chi connectivity index (χ1v) is 6.84. The zero-order valence-corrected chi connectivity index (χ0v) is 9.46. The normalized spacial score (nSPS) is 15.9. The fourth-order valence-corrected chi connectivity index (χ4v) is 2.91. The Labute approximate surface area is 93.0 Å². The van der Waals surface area contributed by atoms with E-state index in [4.69, 9.17) is 0 Å². The van der Waals surface area contributed by atoms with Gasteiger partial charge in [-0.25, -0.2) is 8.42 Å². The van der Waals surface area contributed by atoms with E-state index in [1.807, 2.05) is 5.41 Å². The first-order chi connectivity index (χ1) is 7.18. The second-order valence-corrected chi connectivity index (χ2v) is 5.48. The maximum atomic E-state index is 11.8. The summed E-state index contributed by atoms with van der Waals surface area (Å²) in [7, 11) is -3.43. The number of nitrogens with zero attached hydrogens (tertiary/aromatic N) is 1. The second kappa shape index (κ2) is 4.26. The minimum atomic E-state index is -3.43. The van der Waals surface area contributed by atoms with E-state index in [0.717, 1.165) is 0 Å². The third kappa shape index (κ3) is 2.53. The molecule has 1 heterocycles. The van der Waals surface area contributed by atoms with Crippen LogP contribution in [0.25, 0.3) is 0 Å². The van der Waals surface area contributed by atoms with Gasteiger partial charge in [0.05, 0.1) is 10.8 Å². The van der Waals surface area contributed by atoms with Gasteiger partial charge in [0, 0.05) is 6.20 Å². The van der Waals surface area contributed by atoms with Crippen molar-refractivity contribution in [2.45, 2.75) is 4.90 Å². The molecule has 0 amide bonds. The van der Waals surface area contributed by atoms with E-state index in [1.165, 1.54) is 16.8 Å². The molecule has 15 heavy (non-hydrogen) atoms. The van der Waals surface area contributed by atoms with Gasteiger partial charge in [-0.05, 0) is 17.5 Å². The van der Waals surface area contributed by atoms with Crippen LogP contribution in [0, 0.1) is 0 Å². The molecule has 0 spiro atoms. The van der Waals surface area contributed by atoms with Crippen LogP contribution in [0.3, 0.4) is 0 Å². The molecule has 4 nitrogen and oxygen atoms in total. The van der Waals surface area contributed by atoms with Crippen molar-refractivity contribution >= 4 is 21.8 Å². The highest BCUT2D eigenvalue weighted by Crippen LogP contribution is 2.15. The molecule has 0 aliphatic carbocycles. The van der Waals surface area contributed by atoms with E-state index in [0.29, 0.717) is 5.88 Å². The molecule has 1 aliphatic heterocycles. The van der Waals surface area contributed by atoms with Gasteiger partial charge in [-0.2, -0.15) is 0 Å². The Hall–Kier alpha value is -0.980. The van der Waals surface area contributed by atoms with E-state index in [9.17, 15) is 8.42 Å². The summed E-state index contributed by atoms with van der Waals surface area (Å²) in [6.45, 7) is 0. The monoisotopic (exact) mass is 242 g/mol. The van der Waals surface area contributed by atoms with E-state index in [-0.39, 0.29) is 4.90 Å². The summed E-state index contributed by atoms with van der Waals surface area (Å²) in [5, 5.41) is 3.38. The Kier molecular flexibility index (Phi) is 2.99. The van der Waals surface area contributed by atoms with Crippen molar-refractivity contribution in [1.29, 1.82) is 0 Å². The average Bonchev–Trinajstić information content (AvgIpc) is 2.71. The molecule has 0 saturated heterocycles. The molecule has 0 bridgehead atoms. The molecule has 0 radical (unpaired) electrons. The Bertz CT molecular complexity index is 456. The molecular formula is C9H10N2O2S2. The van der Waals surface area contributed by atoms with Gasteiger partial charge in [-0.15, -0.1) is 16.6 Å². The average molecular weight is 242 g/mol. The summed E-state index contributed by atoms with van der Waals surface area (Å²) < 4.78 is 23.6. The summed E-state index contributed by atoms with van der Waals surface area (Å²) >= 11 is 1.54. The smallest absolute Gasteiger partial charge is 0.257 e. The highest BCUT2D eigenvalue weighted by molar-refractivity contribution is 8.02. The fraction of sp³-hybridized carbons (Fsp3) is 0.111. The molecule has 80 valence electrons. The summed E-state index contributed by atoms with van der Waals surface area (Å²) in [5.41, 5.74) is 0. The molecule has 1 aromatic carbocycles. The van der Waals surface area contributed by atoms with Crippen LogP contribution in [0.5, 0.6) is 0 Å². The summed E-state index contributed by atoms with van der Waals surface area (Å²) in [5.74, 6) is 0.603. The number of thioether (sulfide) groups is 1. The Morgan fingerprint density at radius 3 is 2.60 bits per heavy atom. The van der Waals surface area contributed by atoms with Crippen LogP contribution in [0.2, 0.25) is 0 Å². The predicted octanol–water partition coefficient (Wildman–Crippen LogP) is 1.36. The third-order valence-corrected chi connectivity index (χ3v) is 3.95. The minimum Gasteiger partial charge on any atom is -0.291 e. The lowest BCUT2D eigenvalue weighted by atomic mass is 10.4. The number of hydrogen-bond donors (Lipinski definition) is 1. The van der Waals surface area contributed by atoms with Crippen molar-refractivity contribution in [1.82, 2.24) is 9.84 Å². The van der Waals surface area contributed by atoms with Crippen LogP contribution >= 0.6 is 11.8 Å². The van der Waals surface area contributed by atoms with Gasteiger partial charge in [0.2, 0.25) is 0 Å². The molecular weight excluding hydrogens is 232 g/mol. The number of sulfonamides is 1. The van der Waals surface area contributed by atoms with E-state index >= 15 is 0 Å². The lowest BCUT2D eigenvalue weighted by Crippen LogP contribution is -2.36. The van der Waals surface area contributed by atoms with Gasteiger partial charge in [-0.1, -0.05) is 18.2 Å².